The van der Waals surface area contributed by atoms with Gasteiger partial charge < -0.3 is 4.57 Å². The Morgan fingerprint density at radius 1 is 1.62 bits per heavy atom. The molecule has 13 heavy (non-hydrogen) atoms. The van der Waals surface area contributed by atoms with Crippen molar-refractivity contribution in [1.29, 1.82) is 0 Å². The lowest BCUT2D eigenvalue weighted by Crippen LogP contribution is -2.25. The van der Waals surface area contributed by atoms with Gasteiger partial charge in [0.1, 0.15) is 11.1 Å². The van der Waals surface area contributed by atoms with Gasteiger partial charge in [-0.2, -0.15) is 0 Å². The second kappa shape index (κ2) is 3.47. The standard InChI is InChI=1S/C7H13N3O2S/c1-6(13(11,12)8-2)7-9-4-5-10(7)3/h4-6,8H,1-3H3. The normalized spacial score (nSPS) is 14.4. The number of nitrogens with zero attached hydrogens (tertiary/aromatic N) is 2. The van der Waals surface area contributed by atoms with E-state index in [1.54, 1.807) is 30.9 Å². The minimum atomic E-state index is -3.28. The molecule has 1 rings (SSSR count). The van der Waals surface area contributed by atoms with Crippen molar-refractivity contribution in [2.75, 3.05) is 7.05 Å². The van der Waals surface area contributed by atoms with Gasteiger partial charge in [0.05, 0.1) is 0 Å². The number of rotatable bonds is 3. The summed E-state index contributed by atoms with van der Waals surface area (Å²) in [6.45, 7) is 1.61. The molecule has 1 N–H and O–H groups in total. The molecule has 0 aromatic carbocycles. The van der Waals surface area contributed by atoms with Crippen LogP contribution in [-0.2, 0) is 17.1 Å². The van der Waals surface area contributed by atoms with Gasteiger partial charge in [-0.25, -0.2) is 18.1 Å². The molecule has 1 aromatic rings. The molecule has 0 saturated carbocycles. The van der Waals surface area contributed by atoms with Crippen molar-refractivity contribution in [3.05, 3.63) is 18.2 Å². The Morgan fingerprint density at radius 2 is 2.23 bits per heavy atom. The molecule has 1 atom stereocenters. The van der Waals surface area contributed by atoms with E-state index in [0.717, 1.165) is 0 Å². The lowest BCUT2D eigenvalue weighted by molar-refractivity contribution is 0.572. The van der Waals surface area contributed by atoms with Crippen molar-refractivity contribution in [1.82, 2.24) is 14.3 Å². The van der Waals surface area contributed by atoms with Crippen LogP contribution < -0.4 is 4.72 Å². The summed E-state index contributed by atoms with van der Waals surface area (Å²) in [5.41, 5.74) is 0. The number of imidazole rings is 1. The van der Waals surface area contributed by atoms with Crippen LogP contribution in [0.2, 0.25) is 0 Å². The summed E-state index contributed by atoms with van der Waals surface area (Å²) in [6.07, 6.45) is 3.30. The third-order valence-corrected chi connectivity index (χ3v) is 3.68. The van der Waals surface area contributed by atoms with E-state index >= 15 is 0 Å². The van der Waals surface area contributed by atoms with Crippen LogP contribution in [0.5, 0.6) is 0 Å². The summed E-state index contributed by atoms with van der Waals surface area (Å²) in [6, 6.07) is 0. The Morgan fingerprint density at radius 3 is 2.62 bits per heavy atom. The fourth-order valence-corrected chi connectivity index (χ4v) is 1.94. The highest BCUT2D eigenvalue weighted by Gasteiger charge is 2.23. The molecule has 0 fully saturated rings. The van der Waals surface area contributed by atoms with Gasteiger partial charge in [-0.1, -0.05) is 0 Å². The molecular weight excluding hydrogens is 190 g/mol. The molecule has 0 radical (unpaired) electrons. The molecule has 0 amide bonds. The molecule has 0 bridgehead atoms. The molecule has 1 aromatic heterocycles. The smallest absolute Gasteiger partial charge is 0.221 e. The van der Waals surface area contributed by atoms with Gasteiger partial charge in [-0.15, -0.1) is 0 Å². The summed E-state index contributed by atoms with van der Waals surface area (Å²) in [5.74, 6) is 0.536. The summed E-state index contributed by atoms with van der Waals surface area (Å²) < 4.78 is 26.7. The Labute approximate surface area is 77.8 Å². The van der Waals surface area contributed by atoms with Gasteiger partial charge in [0, 0.05) is 19.4 Å². The van der Waals surface area contributed by atoms with E-state index in [2.05, 4.69) is 9.71 Å². The van der Waals surface area contributed by atoms with Crippen molar-refractivity contribution in [2.45, 2.75) is 12.2 Å². The number of sulfonamides is 1. The minimum absolute atomic E-state index is 0.536. The number of nitrogens with one attached hydrogen (secondary N) is 1. The molecule has 1 unspecified atom stereocenters. The highest BCUT2D eigenvalue weighted by molar-refractivity contribution is 7.89. The van der Waals surface area contributed by atoms with Crippen LogP contribution >= 0.6 is 0 Å². The van der Waals surface area contributed by atoms with Gasteiger partial charge >= 0.3 is 0 Å². The summed E-state index contributed by atoms with van der Waals surface area (Å²) in [7, 11) is -0.112. The average molecular weight is 203 g/mol. The number of aromatic nitrogens is 2. The van der Waals surface area contributed by atoms with Crippen LogP contribution in [0.15, 0.2) is 12.4 Å². The number of aryl methyl sites for hydroxylation is 1. The first-order chi connectivity index (χ1) is 5.99. The lowest BCUT2D eigenvalue weighted by Gasteiger charge is -2.11. The van der Waals surface area contributed by atoms with E-state index in [9.17, 15) is 8.42 Å². The zero-order valence-corrected chi connectivity index (χ0v) is 8.67. The predicted octanol–water partition coefficient (Wildman–Crippen LogP) is 0.0303. The third kappa shape index (κ3) is 1.89. The lowest BCUT2D eigenvalue weighted by atomic mass is 10.4. The van der Waals surface area contributed by atoms with E-state index in [1.807, 2.05) is 0 Å². The van der Waals surface area contributed by atoms with E-state index in [0.29, 0.717) is 5.82 Å². The molecule has 74 valence electrons. The largest absolute Gasteiger partial charge is 0.337 e. The average Bonchev–Trinajstić information content (AvgIpc) is 2.50. The highest BCUT2D eigenvalue weighted by atomic mass is 32.2. The van der Waals surface area contributed by atoms with Crippen LogP contribution in [0.3, 0.4) is 0 Å². The fourth-order valence-electron chi connectivity index (χ4n) is 1.08. The third-order valence-electron chi connectivity index (χ3n) is 1.97. The van der Waals surface area contributed by atoms with Crippen molar-refractivity contribution in [3.63, 3.8) is 0 Å². The SMILES string of the molecule is CNS(=O)(=O)C(C)c1nccn1C. The molecule has 6 heteroatoms. The summed E-state index contributed by atoms with van der Waals surface area (Å²) in [4.78, 5) is 3.97. The van der Waals surface area contributed by atoms with Crippen LogP contribution in [-0.4, -0.2) is 25.0 Å². The van der Waals surface area contributed by atoms with Crippen LogP contribution in [0.1, 0.15) is 18.0 Å². The number of hydrogen-bond acceptors (Lipinski definition) is 3. The Bertz CT molecular complexity index is 382. The first kappa shape index (κ1) is 10.2. The maximum Gasteiger partial charge on any atom is 0.221 e. The molecule has 0 saturated heterocycles. The molecule has 0 spiro atoms. The predicted molar refractivity (Wildman–Crippen MR) is 49.6 cm³/mol. The van der Waals surface area contributed by atoms with Crippen molar-refractivity contribution < 1.29 is 8.42 Å². The number of hydrogen-bond donors (Lipinski definition) is 1. The Hall–Kier alpha value is -0.880. The van der Waals surface area contributed by atoms with Crippen LogP contribution in [0, 0.1) is 0 Å². The van der Waals surface area contributed by atoms with E-state index in [1.165, 1.54) is 7.05 Å². The summed E-state index contributed by atoms with van der Waals surface area (Å²) in [5, 5.41) is -0.627. The quantitative estimate of drug-likeness (QED) is 0.753. The summed E-state index contributed by atoms with van der Waals surface area (Å²) >= 11 is 0. The Balaban J connectivity index is 3.05. The van der Waals surface area contributed by atoms with E-state index in [-0.39, 0.29) is 0 Å². The van der Waals surface area contributed by atoms with Gasteiger partial charge in [-0.05, 0) is 14.0 Å². The molecule has 1 heterocycles. The van der Waals surface area contributed by atoms with Crippen molar-refractivity contribution in [3.8, 4) is 0 Å². The first-order valence-corrected chi connectivity index (χ1v) is 5.43. The maximum atomic E-state index is 11.4. The van der Waals surface area contributed by atoms with Crippen LogP contribution in [0.4, 0.5) is 0 Å². The minimum Gasteiger partial charge on any atom is -0.337 e. The zero-order chi connectivity index (χ0) is 10.1. The van der Waals surface area contributed by atoms with Gasteiger partial charge in [0.2, 0.25) is 10.0 Å². The van der Waals surface area contributed by atoms with Crippen molar-refractivity contribution in [2.24, 2.45) is 7.05 Å². The molecule has 5 nitrogen and oxygen atoms in total. The van der Waals surface area contributed by atoms with Gasteiger partial charge in [0.15, 0.2) is 0 Å². The van der Waals surface area contributed by atoms with Crippen molar-refractivity contribution >= 4 is 10.0 Å². The van der Waals surface area contributed by atoms with Crippen LogP contribution in [0.25, 0.3) is 0 Å². The molecular formula is C7H13N3O2S. The fraction of sp³-hybridized carbons (Fsp3) is 0.571. The van der Waals surface area contributed by atoms with E-state index < -0.39 is 15.3 Å². The van der Waals surface area contributed by atoms with E-state index in [4.69, 9.17) is 0 Å². The maximum absolute atomic E-state index is 11.4. The topological polar surface area (TPSA) is 64.0 Å². The molecule has 0 aliphatic rings. The molecule has 0 aliphatic heterocycles. The zero-order valence-electron chi connectivity index (χ0n) is 7.85. The Kier molecular flexibility index (Phi) is 2.72. The second-order valence-corrected chi connectivity index (χ2v) is 4.99. The second-order valence-electron chi connectivity index (χ2n) is 2.79. The molecule has 0 aliphatic carbocycles. The first-order valence-electron chi connectivity index (χ1n) is 3.88. The van der Waals surface area contributed by atoms with Gasteiger partial charge in [0.25, 0.3) is 0 Å². The highest BCUT2D eigenvalue weighted by Crippen LogP contribution is 2.17. The van der Waals surface area contributed by atoms with Gasteiger partial charge in [-0.3, -0.25) is 0 Å². The monoisotopic (exact) mass is 203 g/mol.